The lowest BCUT2D eigenvalue weighted by Gasteiger charge is -2.02. The molecule has 1 heteroatoms. The normalized spacial score (nSPS) is 34.7. The zero-order valence-corrected chi connectivity index (χ0v) is 7.35. The third-order valence-electron chi connectivity index (χ3n) is 3.15. The Morgan fingerprint density at radius 3 is 3.00 bits per heavy atom. The van der Waals surface area contributed by atoms with Crippen LogP contribution in [-0.4, -0.2) is 11.2 Å². The summed E-state index contributed by atoms with van der Waals surface area (Å²) in [6.07, 6.45) is 4.91. The monoisotopic (exact) mass is 172 g/mol. The summed E-state index contributed by atoms with van der Waals surface area (Å²) in [5, 5.41) is 9.68. The minimum Gasteiger partial charge on any atom is -0.389 e. The largest absolute Gasteiger partial charge is 0.389 e. The first-order valence-electron chi connectivity index (χ1n) is 4.81. The second kappa shape index (κ2) is 2.46. The molecule has 1 aromatic carbocycles. The van der Waals surface area contributed by atoms with Gasteiger partial charge in [0.15, 0.2) is 0 Å². The van der Waals surface area contributed by atoms with E-state index in [1.165, 1.54) is 11.1 Å². The molecule has 1 saturated carbocycles. The van der Waals surface area contributed by atoms with Gasteiger partial charge in [-0.15, -0.1) is 0 Å². The maximum absolute atomic E-state index is 9.68. The lowest BCUT2D eigenvalue weighted by molar-refractivity contribution is 0.198. The van der Waals surface area contributed by atoms with Crippen molar-refractivity contribution in [2.24, 2.45) is 5.92 Å². The van der Waals surface area contributed by atoms with E-state index < -0.39 is 0 Å². The molecule has 1 N–H and O–H groups in total. The number of rotatable bonds is 0. The summed E-state index contributed by atoms with van der Waals surface area (Å²) >= 11 is 0. The Labute approximate surface area is 77.7 Å². The van der Waals surface area contributed by atoms with Crippen molar-refractivity contribution >= 4 is 6.08 Å². The highest BCUT2D eigenvalue weighted by atomic mass is 16.3. The Morgan fingerprint density at radius 2 is 2.08 bits per heavy atom. The quantitative estimate of drug-likeness (QED) is 0.636. The first-order valence-corrected chi connectivity index (χ1v) is 4.81. The fourth-order valence-electron chi connectivity index (χ4n) is 2.30. The van der Waals surface area contributed by atoms with Crippen LogP contribution in [0.2, 0.25) is 0 Å². The Morgan fingerprint density at radius 1 is 1.23 bits per heavy atom. The number of fused-ring (bicyclic) bond motifs is 3. The van der Waals surface area contributed by atoms with Crippen LogP contribution in [0.3, 0.4) is 0 Å². The molecule has 0 amide bonds. The van der Waals surface area contributed by atoms with E-state index in [0.29, 0.717) is 11.8 Å². The molecule has 3 atom stereocenters. The standard InChI is InChI=1S/C12H12O/c13-12-6-5-8-3-1-2-4-9(8)10-7-11(10)12/h1-6,10-13H,7H2. The predicted molar refractivity (Wildman–Crippen MR) is 52.3 cm³/mol. The van der Waals surface area contributed by atoms with Gasteiger partial charge in [0, 0.05) is 0 Å². The second-order valence-electron chi connectivity index (χ2n) is 3.98. The van der Waals surface area contributed by atoms with E-state index in [-0.39, 0.29) is 6.10 Å². The van der Waals surface area contributed by atoms with Gasteiger partial charge < -0.3 is 5.11 Å². The number of hydrogen-bond acceptors (Lipinski definition) is 1. The molecule has 2 aliphatic rings. The van der Waals surface area contributed by atoms with Gasteiger partial charge in [0.25, 0.3) is 0 Å². The molecule has 66 valence electrons. The molecule has 0 aliphatic heterocycles. The van der Waals surface area contributed by atoms with Gasteiger partial charge in [-0.2, -0.15) is 0 Å². The fraction of sp³-hybridized carbons (Fsp3) is 0.333. The highest BCUT2D eigenvalue weighted by Gasteiger charge is 2.44. The fourth-order valence-corrected chi connectivity index (χ4v) is 2.30. The van der Waals surface area contributed by atoms with Gasteiger partial charge in [-0.25, -0.2) is 0 Å². The first kappa shape index (κ1) is 7.34. The van der Waals surface area contributed by atoms with Crippen molar-refractivity contribution in [1.82, 2.24) is 0 Å². The van der Waals surface area contributed by atoms with Crippen molar-refractivity contribution in [3.05, 3.63) is 41.5 Å². The van der Waals surface area contributed by atoms with Crippen LogP contribution in [0.25, 0.3) is 6.08 Å². The van der Waals surface area contributed by atoms with E-state index in [1.807, 2.05) is 12.2 Å². The summed E-state index contributed by atoms with van der Waals surface area (Å²) in [4.78, 5) is 0. The van der Waals surface area contributed by atoms with Crippen LogP contribution < -0.4 is 0 Å². The Balaban J connectivity index is 2.12. The molecular formula is C12H12O. The van der Waals surface area contributed by atoms with E-state index in [2.05, 4.69) is 24.3 Å². The van der Waals surface area contributed by atoms with Gasteiger partial charge in [0.05, 0.1) is 6.10 Å². The maximum atomic E-state index is 9.68. The van der Waals surface area contributed by atoms with Crippen LogP contribution in [0, 0.1) is 5.92 Å². The topological polar surface area (TPSA) is 20.2 Å². The van der Waals surface area contributed by atoms with E-state index in [9.17, 15) is 5.11 Å². The van der Waals surface area contributed by atoms with Gasteiger partial charge in [-0.3, -0.25) is 0 Å². The molecule has 1 nitrogen and oxygen atoms in total. The van der Waals surface area contributed by atoms with Crippen LogP contribution in [-0.2, 0) is 0 Å². The highest BCUT2D eigenvalue weighted by molar-refractivity contribution is 5.58. The molecule has 1 fully saturated rings. The summed E-state index contributed by atoms with van der Waals surface area (Å²) < 4.78 is 0. The van der Waals surface area contributed by atoms with Gasteiger partial charge >= 0.3 is 0 Å². The molecule has 0 saturated heterocycles. The van der Waals surface area contributed by atoms with E-state index in [0.717, 1.165) is 6.42 Å². The minimum absolute atomic E-state index is 0.225. The van der Waals surface area contributed by atoms with Crippen LogP contribution in [0.1, 0.15) is 23.5 Å². The third-order valence-corrected chi connectivity index (χ3v) is 3.15. The molecule has 0 radical (unpaired) electrons. The van der Waals surface area contributed by atoms with Crippen molar-refractivity contribution in [3.63, 3.8) is 0 Å². The highest BCUT2D eigenvalue weighted by Crippen LogP contribution is 2.52. The summed E-state index contributed by atoms with van der Waals surface area (Å²) in [5.41, 5.74) is 2.70. The Hall–Kier alpha value is -1.08. The molecular weight excluding hydrogens is 160 g/mol. The average molecular weight is 172 g/mol. The summed E-state index contributed by atoms with van der Waals surface area (Å²) in [6.45, 7) is 0. The predicted octanol–water partition coefficient (Wildman–Crippen LogP) is 2.18. The molecule has 0 spiro atoms. The SMILES string of the molecule is OC1C=Cc2ccccc2C2CC12. The van der Waals surface area contributed by atoms with E-state index >= 15 is 0 Å². The molecule has 3 rings (SSSR count). The lowest BCUT2D eigenvalue weighted by atomic mass is 10.0. The van der Waals surface area contributed by atoms with E-state index in [1.54, 1.807) is 0 Å². The van der Waals surface area contributed by atoms with Gasteiger partial charge in [-0.1, -0.05) is 36.4 Å². The number of hydrogen-bond donors (Lipinski definition) is 1. The van der Waals surface area contributed by atoms with Crippen molar-refractivity contribution in [2.75, 3.05) is 0 Å². The number of aliphatic hydroxyl groups is 1. The summed E-state index contributed by atoms with van der Waals surface area (Å²) in [7, 11) is 0. The van der Waals surface area contributed by atoms with Crippen molar-refractivity contribution in [3.8, 4) is 0 Å². The first-order chi connectivity index (χ1) is 6.36. The second-order valence-corrected chi connectivity index (χ2v) is 3.98. The van der Waals surface area contributed by atoms with E-state index in [4.69, 9.17) is 0 Å². The third kappa shape index (κ3) is 1.04. The van der Waals surface area contributed by atoms with Crippen molar-refractivity contribution in [1.29, 1.82) is 0 Å². The average Bonchev–Trinajstić information content (AvgIpc) is 2.93. The molecule has 0 bridgehead atoms. The molecule has 3 unspecified atom stereocenters. The number of benzene rings is 1. The van der Waals surface area contributed by atoms with Gasteiger partial charge in [0.1, 0.15) is 0 Å². The van der Waals surface area contributed by atoms with Crippen LogP contribution >= 0.6 is 0 Å². The molecule has 1 aromatic rings. The van der Waals surface area contributed by atoms with Gasteiger partial charge in [0.2, 0.25) is 0 Å². The smallest absolute Gasteiger partial charge is 0.0758 e. The van der Waals surface area contributed by atoms with Crippen LogP contribution in [0.5, 0.6) is 0 Å². The minimum atomic E-state index is -0.225. The molecule has 13 heavy (non-hydrogen) atoms. The van der Waals surface area contributed by atoms with Gasteiger partial charge in [-0.05, 0) is 29.4 Å². The number of aliphatic hydroxyl groups excluding tert-OH is 1. The maximum Gasteiger partial charge on any atom is 0.0758 e. The molecule has 0 aromatic heterocycles. The van der Waals surface area contributed by atoms with Crippen LogP contribution in [0.15, 0.2) is 30.3 Å². The summed E-state index contributed by atoms with van der Waals surface area (Å²) in [5.74, 6) is 1.10. The molecule has 0 heterocycles. The molecule has 2 aliphatic carbocycles. The zero-order chi connectivity index (χ0) is 8.84. The van der Waals surface area contributed by atoms with Crippen LogP contribution in [0.4, 0.5) is 0 Å². The zero-order valence-electron chi connectivity index (χ0n) is 7.35. The van der Waals surface area contributed by atoms with Crippen molar-refractivity contribution in [2.45, 2.75) is 18.4 Å². The van der Waals surface area contributed by atoms with Crippen molar-refractivity contribution < 1.29 is 5.11 Å². The Kier molecular flexibility index (Phi) is 1.39. The Bertz CT molecular complexity index is 367. The summed E-state index contributed by atoms with van der Waals surface area (Å²) in [6, 6.07) is 8.44. The lowest BCUT2D eigenvalue weighted by Crippen LogP contribution is -2.04.